The molecule has 0 radical (unpaired) electrons. The van der Waals surface area contributed by atoms with Crippen molar-refractivity contribution < 1.29 is 22.7 Å². The number of rotatable bonds is 7. The van der Waals surface area contributed by atoms with Crippen LogP contribution in [0.5, 0.6) is 0 Å². The second kappa shape index (κ2) is 9.77. The lowest BCUT2D eigenvalue weighted by atomic mass is 10.0. The highest BCUT2D eigenvalue weighted by Gasteiger charge is 2.21. The predicted octanol–water partition coefficient (Wildman–Crippen LogP) is 2.61. The molecule has 1 fully saturated rings. The number of amides is 1. The molecule has 0 atom stereocenters. The van der Waals surface area contributed by atoms with Crippen LogP contribution < -0.4 is 4.72 Å². The van der Waals surface area contributed by atoms with E-state index in [1.807, 2.05) is 6.07 Å². The van der Waals surface area contributed by atoms with E-state index in [-0.39, 0.29) is 28.1 Å². The Morgan fingerprint density at radius 2 is 1.79 bits per heavy atom. The van der Waals surface area contributed by atoms with Crippen LogP contribution in [0.2, 0.25) is 0 Å². The van der Waals surface area contributed by atoms with Crippen LogP contribution in [-0.2, 0) is 26.0 Å². The van der Waals surface area contributed by atoms with Crippen molar-refractivity contribution >= 4 is 38.2 Å². The molecule has 9 nitrogen and oxygen atoms in total. The van der Waals surface area contributed by atoms with Gasteiger partial charge in [-0.25, -0.2) is 8.42 Å². The second-order valence-corrected chi connectivity index (χ2v) is 10.2. The molecule has 1 aliphatic rings. The third kappa shape index (κ3) is 5.62. The Morgan fingerprint density at radius 3 is 2.48 bits per heavy atom. The van der Waals surface area contributed by atoms with Crippen LogP contribution in [0, 0.1) is 0 Å². The molecule has 0 unspecified atom stereocenters. The van der Waals surface area contributed by atoms with Gasteiger partial charge in [0.25, 0.3) is 10.0 Å². The smallest absolute Gasteiger partial charge is 0.263 e. The van der Waals surface area contributed by atoms with Crippen molar-refractivity contribution in [3.8, 4) is 11.1 Å². The van der Waals surface area contributed by atoms with Gasteiger partial charge in [0.1, 0.15) is 5.01 Å². The van der Waals surface area contributed by atoms with Gasteiger partial charge >= 0.3 is 0 Å². The van der Waals surface area contributed by atoms with E-state index in [0.29, 0.717) is 36.9 Å². The Hall–Kier alpha value is -3.15. The third-order valence-electron chi connectivity index (χ3n) is 5.12. The number of hydrogen-bond donors (Lipinski definition) is 1. The summed E-state index contributed by atoms with van der Waals surface area (Å²) in [5, 5.41) is 8.34. The molecular formula is C22H22N4O5S2. The van der Waals surface area contributed by atoms with Gasteiger partial charge in [0, 0.05) is 18.7 Å². The highest BCUT2D eigenvalue weighted by Crippen LogP contribution is 2.25. The van der Waals surface area contributed by atoms with Crippen molar-refractivity contribution in [2.24, 2.45) is 0 Å². The van der Waals surface area contributed by atoms with Crippen LogP contribution in [0.3, 0.4) is 0 Å². The summed E-state index contributed by atoms with van der Waals surface area (Å²) in [5.41, 5.74) is 2.19. The number of sulfonamides is 1. The number of nitrogens with zero attached hydrogens (tertiary/aromatic N) is 3. The van der Waals surface area contributed by atoms with Gasteiger partial charge in [0.05, 0.1) is 24.5 Å². The molecule has 4 rings (SSSR count). The van der Waals surface area contributed by atoms with E-state index in [1.54, 1.807) is 35.2 Å². The Bertz CT molecular complexity index is 1270. The molecular weight excluding hydrogens is 464 g/mol. The normalized spacial score (nSPS) is 14.2. The molecule has 0 saturated carbocycles. The highest BCUT2D eigenvalue weighted by atomic mass is 32.2. The number of hydrogen-bond acceptors (Lipinski definition) is 8. The monoisotopic (exact) mass is 486 g/mol. The van der Waals surface area contributed by atoms with Gasteiger partial charge in [-0.1, -0.05) is 41.7 Å². The van der Waals surface area contributed by atoms with Crippen LogP contribution in [0.25, 0.3) is 11.1 Å². The molecule has 2 aromatic carbocycles. The molecule has 0 bridgehead atoms. The summed E-state index contributed by atoms with van der Waals surface area (Å²) in [4.78, 5) is 25.7. The van der Waals surface area contributed by atoms with E-state index in [2.05, 4.69) is 14.9 Å². The van der Waals surface area contributed by atoms with E-state index >= 15 is 0 Å². The van der Waals surface area contributed by atoms with Crippen LogP contribution in [-0.4, -0.2) is 61.5 Å². The summed E-state index contributed by atoms with van der Waals surface area (Å²) in [7, 11) is -3.88. The van der Waals surface area contributed by atoms with Crippen molar-refractivity contribution in [1.29, 1.82) is 0 Å². The molecule has 1 aromatic heterocycles. The third-order valence-corrected chi connectivity index (χ3v) is 7.44. The molecule has 0 spiro atoms. The summed E-state index contributed by atoms with van der Waals surface area (Å²) in [6.45, 7) is 3.58. The second-order valence-electron chi connectivity index (χ2n) is 7.44. The van der Waals surface area contributed by atoms with Gasteiger partial charge in [-0.15, -0.1) is 10.2 Å². The van der Waals surface area contributed by atoms with Gasteiger partial charge in [-0.05, 0) is 36.2 Å². The maximum Gasteiger partial charge on any atom is 0.263 e. The summed E-state index contributed by atoms with van der Waals surface area (Å²) in [6.07, 6.45) is 0.0629. The van der Waals surface area contributed by atoms with Crippen LogP contribution >= 0.6 is 11.3 Å². The van der Waals surface area contributed by atoms with Crippen molar-refractivity contribution in [1.82, 2.24) is 15.1 Å². The predicted molar refractivity (Wildman–Crippen MR) is 124 cm³/mol. The van der Waals surface area contributed by atoms with E-state index in [9.17, 15) is 18.0 Å². The van der Waals surface area contributed by atoms with Crippen LogP contribution in [0.4, 0.5) is 5.13 Å². The summed E-state index contributed by atoms with van der Waals surface area (Å²) in [5.74, 6) is -0.128. The van der Waals surface area contributed by atoms with Gasteiger partial charge in [0.2, 0.25) is 11.0 Å². The number of benzene rings is 2. The molecule has 3 aromatic rings. The molecule has 172 valence electrons. The zero-order chi connectivity index (χ0) is 23.4. The Morgan fingerprint density at radius 1 is 1.06 bits per heavy atom. The summed E-state index contributed by atoms with van der Waals surface area (Å²) in [6, 6.07) is 13.5. The fraction of sp³-hybridized carbons (Fsp3) is 0.273. The highest BCUT2D eigenvalue weighted by molar-refractivity contribution is 7.93. The van der Waals surface area contributed by atoms with Crippen molar-refractivity contribution in [3.63, 3.8) is 0 Å². The molecule has 1 saturated heterocycles. The number of carbonyl (C=O) groups is 2. The van der Waals surface area contributed by atoms with Crippen molar-refractivity contribution in [2.75, 3.05) is 31.0 Å². The lowest BCUT2D eigenvalue weighted by Crippen LogP contribution is -2.41. The molecule has 0 aliphatic carbocycles. The number of aromatic nitrogens is 2. The fourth-order valence-electron chi connectivity index (χ4n) is 3.34. The first-order valence-electron chi connectivity index (χ1n) is 10.2. The molecule has 1 amide bonds. The number of Topliss-reactive ketones (excluding diaryl/α,β-unsaturated/α-hetero) is 1. The van der Waals surface area contributed by atoms with Gasteiger partial charge in [-0.2, -0.15) is 0 Å². The SMILES string of the molecule is CC(=O)c1cccc(-c2ccc(S(=O)(=O)Nc3nnc(CC(=O)N4CCOCC4)s3)cc2)c1. The largest absolute Gasteiger partial charge is 0.378 e. The Balaban J connectivity index is 1.43. The van der Waals surface area contributed by atoms with E-state index in [0.717, 1.165) is 22.5 Å². The van der Waals surface area contributed by atoms with Gasteiger partial charge in [0.15, 0.2) is 5.78 Å². The maximum atomic E-state index is 12.8. The summed E-state index contributed by atoms with van der Waals surface area (Å²) < 4.78 is 33.2. The van der Waals surface area contributed by atoms with Crippen molar-refractivity contribution in [3.05, 3.63) is 59.1 Å². The van der Waals surface area contributed by atoms with Gasteiger partial charge in [-0.3, -0.25) is 14.3 Å². The number of morpholine rings is 1. The molecule has 1 aliphatic heterocycles. The average Bonchev–Trinajstić information content (AvgIpc) is 3.25. The zero-order valence-electron chi connectivity index (χ0n) is 17.9. The standard InChI is InChI=1S/C22H22N4O5S2/c1-15(27)17-3-2-4-18(13-17)16-5-7-19(8-6-16)33(29,30)25-22-24-23-20(32-22)14-21(28)26-9-11-31-12-10-26/h2-8,13H,9-12,14H2,1H3,(H,24,25). The molecule has 2 heterocycles. The van der Waals surface area contributed by atoms with E-state index in [4.69, 9.17) is 4.74 Å². The molecule has 33 heavy (non-hydrogen) atoms. The molecule has 1 N–H and O–H groups in total. The van der Waals surface area contributed by atoms with Crippen LogP contribution in [0.1, 0.15) is 22.3 Å². The Labute approximate surface area is 195 Å². The Kier molecular flexibility index (Phi) is 6.82. The van der Waals surface area contributed by atoms with E-state index < -0.39 is 10.0 Å². The number of anilines is 1. The number of ether oxygens (including phenoxy) is 1. The van der Waals surface area contributed by atoms with Gasteiger partial charge < -0.3 is 9.64 Å². The topological polar surface area (TPSA) is 119 Å². The molecule has 11 heteroatoms. The zero-order valence-corrected chi connectivity index (χ0v) is 19.5. The first-order chi connectivity index (χ1) is 15.8. The first-order valence-corrected chi connectivity index (χ1v) is 12.5. The quantitative estimate of drug-likeness (QED) is 0.510. The lowest BCUT2D eigenvalue weighted by molar-refractivity contribution is -0.134. The van der Waals surface area contributed by atoms with Crippen molar-refractivity contribution in [2.45, 2.75) is 18.2 Å². The number of carbonyl (C=O) groups excluding carboxylic acids is 2. The lowest BCUT2D eigenvalue weighted by Gasteiger charge is -2.26. The van der Waals surface area contributed by atoms with Crippen LogP contribution in [0.15, 0.2) is 53.4 Å². The van der Waals surface area contributed by atoms with E-state index in [1.165, 1.54) is 19.1 Å². The number of nitrogens with one attached hydrogen (secondary N) is 1. The number of ketones is 1. The fourth-order valence-corrected chi connectivity index (χ4v) is 5.30. The minimum atomic E-state index is -3.88. The first kappa shape index (κ1) is 23.0. The minimum Gasteiger partial charge on any atom is -0.378 e. The maximum absolute atomic E-state index is 12.8. The minimum absolute atomic E-state index is 0.0386. The average molecular weight is 487 g/mol. The summed E-state index contributed by atoms with van der Waals surface area (Å²) >= 11 is 1.03.